The number of Topliss-reactive ketones (excluding diaryl/α,β-unsaturated/α-hetero) is 1. The molecule has 8 heteroatoms. The second-order valence-electron chi connectivity index (χ2n) is 9.67. The third-order valence-corrected chi connectivity index (χ3v) is 6.88. The Kier molecular flexibility index (Phi) is 7.18. The lowest BCUT2D eigenvalue weighted by atomic mass is 9.88. The molecular formula is C29H33N7O. The number of ketones is 1. The van der Waals surface area contributed by atoms with Crippen LogP contribution in [0.2, 0.25) is 0 Å². The Bertz CT molecular complexity index is 1460. The molecule has 1 saturated heterocycles. The van der Waals surface area contributed by atoms with Gasteiger partial charge in [-0.05, 0) is 92.5 Å². The number of nitrogens with one attached hydrogen (secondary N) is 2. The fourth-order valence-corrected chi connectivity index (χ4v) is 4.88. The first kappa shape index (κ1) is 24.5. The number of nitrogen functional groups attached to an aromatic ring is 1. The van der Waals surface area contributed by atoms with E-state index in [4.69, 9.17) is 11.5 Å². The molecule has 1 fully saturated rings. The number of allylic oxidation sites excluding steroid dienone is 1. The van der Waals surface area contributed by atoms with Crippen molar-refractivity contribution in [2.75, 3.05) is 30.7 Å². The van der Waals surface area contributed by atoms with Gasteiger partial charge in [0.05, 0.1) is 5.35 Å². The lowest BCUT2D eigenvalue weighted by molar-refractivity contribution is 0.0835. The van der Waals surface area contributed by atoms with Gasteiger partial charge in [0.15, 0.2) is 11.3 Å². The number of benzene rings is 2. The van der Waals surface area contributed by atoms with E-state index in [0.717, 1.165) is 60.5 Å². The van der Waals surface area contributed by atoms with E-state index in [1.165, 1.54) is 5.56 Å². The smallest absolute Gasteiger partial charge is 0.179 e. The normalized spacial score (nSPS) is 20.7. The minimum atomic E-state index is 0.0716. The third-order valence-electron chi connectivity index (χ3n) is 6.88. The molecule has 0 radical (unpaired) electrons. The van der Waals surface area contributed by atoms with Crippen LogP contribution in [0.4, 0.5) is 11.4 Å². The monoisotopic (exact) mass is 495 g/mol. The maximum Gasteiger partial charge on any atom is 0.179 e. The maximum atomic E-state index is 12.9. The quantitative estimate of drug-likeness (QED) is 0.326. The van der Waals surface area contributed by atoms with Crippen LogP contribution in [0.1, 0.15) is 40.2 Å². The molecule has 2 aromatic carbocycles. The average molecular weight is 496 g/mol. The molecular weight excluding hydrogens is 462 g/mol. The number of H-pyrrole nitrogens is 1. The fourth-order valence-electron chi connectivity index (χ4n) is 4.88. The number of carbonyl (C=O) groups is 1. The van der Waals surface area contributed by atoms with Gasteiger partial charge in [0, 0.05) is 35.9 Å². The number of aromatic nitrogens is 2. The number of hydrogen-bond donors (Lipinski definition) is 4. The summed E-state index contributed by atoms with van der Waals surface area (Å²) in [7, 11) is 0. The topological polar surface area (TPSA) is 125 Å². The molecule has 0 bridgehead atoms. The van der Waals surface area contributed by atoms with Gasteiger partial charge in [-0.2, -0.15) is 0 Å². The number of aromatic amines is 1. The molecule has 0 atom stereocenters. The molecule has 5 rings (SSSR count). The molecule has 0 amide bonds. The van der Waals surface area contributed by atoms with Gasteiger partial charge in [0.2, 0.25) is 0 Å². The lowest BCUT2D eigenvalue weighted by Crippen LogP contribution is -2.36. The van der Waals surface area contributed by atoms with Crippen LogP contribution in [0.25, 0.3) is 12.2 Å². The van der Waals surface area contributed by atoms with Crippen LogP contribution in [-0.4, -0.2) is 40.3 Å². The van der Waals surface area contributed by atoms with Crippen molar-refractivity contribution in [3.05, 3.63) is 93.8 Å². The highest BCUT2D eigenvalue weighted by Gasteiger charge is 2.25. The standard InChI is InChI=1S/C29H33N7O/c1-19-33-26-4-2-3-23-17-20(5-10-25(23)32-14-11-27(31)35-29(26)34-19)18-36-15-12-22(13-16-36)28(37)21-6-8-24(30)9-7-21/h2-11,17,22,32H,12-16,18,30-31H2,1H3,(H,33,34,35)/b3-2-,26-4-,27-11-. The number of likely N-dealkylation sites (tertiary alicyclic amines) is 1. The van der Waals surface area contributed by atoms with E-state index in [0.29, 0.717) is 23.5 Å². The number of carbonyl (C=O) groups excluding carboxylic acids is 1. The summed E-state index contributed by atoms with van der Waals surface area (Å²) >= 11 is 0. The van der Waals surface area contributed by atoms with E-state index >= 15 is 0 Å². The van der Waals surface area contributed by atoms with E-state index in [9.17, 15) is 4.79 Å². The van der Waals surface area contributed by atoms with Crippen LogP contribution in [0.5, 0.6) is 0 Å². The number of nitrogens with zero attached hydrogens (tertiary/aromatic N) is 3. The zero-order valence-electron chi connectivity index (χ0n) is 21.1. The molecule has 0 aliphatic carbocycles. The zero-order valence-corrected chi connectivity index (χ0v) is 21.1. The summed E-state index contributed by atoms with van der Waals surface area (Å²) in [6.45, 7) is 5.12. The molecule has 3 heterocycles. The summed E-state index contributed by atoms with van der Waals surface area (Å²) in [5.74, 6) is 1.52. The first-order valence-corrected chi connectivity index (χ1v) is 12.7. The predicted molar refractivity (Wildman–Crippen MR) is 148 cm³/mol. The van der Waals surface area contributed by atoms with Crippen LogP contribution in [0, 0.1) is 12.8 Å². The molecule has 0 saturated carbocycles. The van der Waals surface area contributed by atoms with Crippen LogP contribution >= 0.6 is 0 Å². The molecule has 0 spiro atoms. The summed E-state index contributed by atoms with van der Waals surface area (Å²) in [6.07, 6.45) is 9.66. The van der Waals surface area contributed by atoms with Gasteiger partial charge in [0.1, 0.15) is 11.6 Å². The van der Waals surface area contributed by atoms with Gasteiger partial charge < -0.3 is 21.8 Å². The summed E-state index contributed by atoms with van der Waals surface area (Å²) in [6, 6.07) is 13.8. The first-order valence-electron chi connectivity index (χ1n) is 12.7. The molecule has 190 valence electrons. The molecule has 37 heavy (non-hydrogen) atoms. The Morgan fingerprint density at radius 1 is 1.11 bits per heavy atom. The number of piperidine rings is 1. The van der Waals surface area contributed by atoms with Gasteiger partial charge in [0.25, 0.3) is 0 Å². The highest BCUT2D eigenvalue weighted by atomic mass is 16.1. The second kappa shape index (κ2) is 10.8. The largest absolute Gasteiger partial charge is 0.399 e. The number of anilines is 2. The number of fused-ring (bicyclic) bond motifs is 2. The van der Waals surface area contributed by atoms with Gasteiger partial charge in [-0.1, -0.05) is 18.2 Å². The molecule has 8 nitrogen and oxygen atoms in total. The second-order valence-corrected chi connectivity index (χ2v) is 9.67. The van der Waals surface area contributed by atoms with Crippen molar-refractivity contribution in [2.45, 2.75) is 26.3 Å². The third kappa shape index (κ3) is 5.98. The summed E-state index contributed by atoms with van der Waals surface area (Å²) < 4.78 is 0. The summed E-state index contributed by atoms with van der Waals surface area (Å²) in [4.78, 5) is 27.4. The number of nitrogens with two attached hydrogens (primary N) is 2. The van der Waals surface area contributed by atoms with E-state index in [1.54, 1.807) is 12.1 Å². The highest BCUT2D eigenvalue weighted by Crippen LogP contribution is 2.25. The van der Waals surface area contributed by atoms with Crippen molar-refractivity contribution < 1.29 is 4.79 Å². The Morgan fingerprint density at radius 3 is 2.68 bits per heavy atom. The van der Waals surface area contributed by atoms with Crippen LogP contribution in [0.15, 0.2) is 65.4 Å². The van der Waals surface area contributed by atoms with Gasteiger partial charge in [-0.15, -0.1) is 0 Å². The minimum absolute atomic E-state index is 0.0716. The van der Waals surface area contributed by atoms with Gasteiger partial charge >= 0.3 is 0 Å². The van der Waals surface area contributed by atoms with Crippen LogP contribution in [0.3, 0.4) is 0 Å². The maximum absolute atomic E-state index is 12.9. The van der Waals surface area contributed by atoms with Crippen molar-refractivity contribution in [3.63, 3.8) is 0 Å². The molecule has 2 aliphatic rings. The van der Waals surface area contributed by atoms with Crippen molar-refractivity contribution in [2.24, 2.45) is 16.6 Å². The minimum Gasteiger partial charge on any atom is -0.399 e. The Hall–Kier alpha value is -4.17. The zero-order chi connectivity index (χ0) is 25.8. The van der Waals surface area contributed by atoms with Crippen molar-refractivity contribution >= 4 is 29.3 Å². The van der Waals surface area contributed by atoms with Crippen molar-refractivity contribution in [1.29, 1.82) is 0 Å². The fraction of sp³-hybridized carbons (Fsp3) is 0.276. The average Bonchev–Trinajstić information content (AvgIpc) is 3.23. The number of imidazole rings is 1. The number of rotatable bonds is 4. The molecule has 0 unspecified atom stereocenters. The van der Waals surface area contributed by atoms with Crippen molar-refractivity contribution in [1.82, 2.24) is 14.9 Å². The summed E-state index contributed by atoms with van der Waals surface area (Å²) in [5, 5.41) is 4.27. The number of aryl methyl sites for hydroxylation is 1. The van der Waals surface area contributed by atoms with E-state index < -0.39 is 0 Å². The molecule has 1 aromatic heterocycles. The Balaban J connectivity index is 1.29. The Labute approximate surface area is 216 Å². The SMILES string of the molecule is Cc1nc2/c([nH]1)=C/C=C\c1cc(CN3CCC(C(=O)c4ccc(N)cc4)CC3)ccc1NC/C=C(N)\N=2. The molecule has 3 aromatic rings. The molecule has 6 N–H and O–H groups in total. The molecule has 2 aliphatic heterocycles. The summed E-state index contributed by atoms with van der Waals surface area (Å²) in [5.41, 5.74) is 17.3. The van der Waals surface area contributed by atoms with Crippen LogP contribution < -0.4 is 27.6 Å². The lowest BCUT2D eigenvalue weighted by Gasteiger charge is -2.31. The highest BCUT2D eigenvalue weighted by molar-refractivity contribution is 5.98. The predicted octanol–water partition coefficient (Wildman–Crippen LogP) is 2.73. The van der Waals surface area contributed by atoms with E-state index in [-0.39, 0.29) is 11.7 Å². The Morgan fingerprint density at radius 2 is 1.89 bits per heavy atom. The van der Waals surface area contributed by atoms with E-state index in [1.807, 2.05) is 37.3 Å². The van der Waals surface area contributed by atoms with E-state index in [2.05, 4.69) is 49.5 Å². The van der Waals surface area contributed by atoms with Crippen LogP contribution in [-0.2, 0) is 6.54 Å². The van der Waals surface area contributed by atoms with Crippen molar-refractivity contribution in [3.8, 4) is 0 Å². The first-order chi connectivity index (χ1) is 17.9. The van der Waals surface area contributed by atoms with Gasteiger partial charge in [-0.25, -0.2) is 9.98 Å². The van der Waals surface area contributed by atoms with Gasteiger partial charge in [-0.3, -0.25) is 9.69 Å². The number of hydrogen-bond acceptors (Lipinski definition) is 7.